The number of carbonyl (C=O) groups is 2. The van der Waals surface area contributed by atoms with Crippen LogP contribution >= 0.6 is 7.82 Å². The molecule has 0 aliphatic carbocycles. The highest BCUT2D eigenvalue weighted by atomic mass is 31.2. The van der Waals surface area contributed by atoms with E-state index in [0.29, 0.717) is 12.0 Å². The van der Waals surface area contributed by atoms with E-state index in [1.165, 1.54) is 0 Å². The van der Waals surface area contributed by atoms with E-state index in [-0.39, 0.29) is 0 Å². The molecule has 19 heavy (non-hydrogen) atoms. The molecular formula is C9H17O9P. The van der Waals surface area contributed by atoms with Crippen molar-refractivity contribution in [3.63, 3.8) is 0 Å². The Morgan fingerprint density at radius 1 is 1.16 bits per heavy atom. The molecule has 0 unspecified atom stereocenters. The third-order valence-electron chi connectivity index (χ3n) is 1.31. The van der Waals surface area contributed by atoms with Gasteiger partial charge < -0.3 is 30.0 Å². The van der Waals surface area contributed by atoms with E-state index < -0.39 is 25.5 Å². The van der Waals surface area contributed by atoms with E-state index in [2.05, 4.69) is 6.58 Å². The minimum atomic E-state index is -4.64. The number of phosphoric acid groups is 1. The van der Waals surface area contributed by atoms with Crippen LogP contribution in [0.4, 0.5) is 0 Å². The van der Waals surface area contributed by atoms with Gasteiger partial charge in [0.1, 0.15) is 0 Å². The number of rotatable bonds is 3. The summed E-state index contributed by atoms with van der Waals surface area (Å²) in [5, 5.41) is 24.5. The Morgan fingerprint density at radius 3 is 1.47 bits per heavy atom. The van der Waals surface area contributed by atoms with Crippen molar-refractivity contribution >= 4 is 19.8 Å². The Kier molecular flexibility index (Phi) is 13.5. The Hall–Kier alpha value is -1.67. The number of carboxylic acids is 2. The van der Waals surface area contributed by atoms with Crippen LogP contribution in [0.1, 0.15) is 20.3 Å². The average Bonchev–Trinajstić information content (AvgIpc) is 2.25. The minimum Gasteiger partial charge on any atom is -0.502 e. The largest absolute Gasteiger partial charge is 0.502 e. The maximum absolute atomic E-state index is 9.99. The predicted octanol–water partition coefficient (Wildman–Crippen LogP) is 0.641. The van der Waals surface area contributed by atoms with Crippen LogP contribution in [0.15, 0.2) is 24.0 Å². The van der Waals surface area contributed by atoms with Crippen LogP contribution in [-0.2, 0) is 14.2 Å². The lowest BCUT2D eigenvalue weighted by molar-refractivity contribution is -0.135. The van der Waals surface area contributed by atoms with E-state index in [9.17, 15) is 9.59 Å². The molecule has 0 aliphatic heterocycles. The van der Waals surface area contributed by atoms with Crippen molar-refractivity contribution in [2.45, 2.75) is 20.3 Å². The van der Waals surface area contributed by atoms with Gasteiger partial charge in [-0.05, 0) is 18.9 Å². The number of hydrogen-bond donors (Lipinski definition) is 6. The molecule has 0 aromatic heterocycles. The van der Waals surface area contributed by atoms with Gasteiger partial charge in [0.05, 0.1) is 0 Å². The molecule has 0 rings (SSSR count). The monoisotopic (exact) mass is 300 g/mol. The predicted molar refractivity (Wildman–Crippen MR) is 65.4 cm³/mol. The van der Waals surface area contributed by atoms with E-state index in [4.69, 9.17) is 34.6 Å². The zero-order valence-corrected chi connectivity index (χ0v) is 11.2. The Bertz CT molecular complexity index is 371. The fraction of sp³-hybridized carbons (Fsp3) is 0.333. The molecule has 0 saturated heterocycles. The van der Waals surface area contributed by atoms with Crippen molar-refractivity contribution in [3.8, 4) is 0 Å². The first kappa shape index (κ1) is 22.5. The SMILES string of the molecule is C=CC(=O)O.CCC(C)=C(O)C(=O)O.O=P(O)(O)O. The van der Waals surface area contributed by atoms with Gasteiger partial charge in [-0.1, -0.05) is 13.5 Å². The van der Waals surface area contributed by atoms with Gasteiger partial charge in [-0.3, -0.25) is 0 Å². The maximum Gasteiger partial charge on any atom is 0.466 e. The lowest BCUT2D eigenvalue weighted by atomic mass is 10.2. The summed E-state index contributed by atoms with van der Waals surface area (Å²) in [6.45, 7) is 6.33. The molecule has 0 aromatic carbocycles. The lowest BCUT2D eigenvalue weighted by Crippen LogP contribution is -2.01. The summed E-state index contributed by atoms with van der Waals surface area (Å²) >= 11 is 0. The van der Waals surface area contributed by atoms with Gasteiger partial charge in [-0.15, -0.1) is 0 Å². The fourth-order valence-electron chi connectivity index (χ4n) is 0.350. The van der Waals surface area contributed by atoms with Gasteiger partial charge in [0, 0.05) is 6.08 Å². The van der Waals surface area contributed by atoms with Crippen molar-refractivity contribution in [3.05, 3.63) is 24.0 Å². The van der Waals surface area contributed by atoms with Gasteiger partial charge >= 0.3 is 19.8 Å². The summed E-state index contributed by atoms with van der Waals surface area (Å²) in [4.78, 5) is 40.8. The summed E-state index contributed by atoms with van der Waals surface area (Å²) in [6, 6.07) is 0. The van der Waals surface area contributed by atoms with Gasteiger partial charge in [-0.25, -0.2) is 14.2 Å². The van der Waals surface area contributed by atoms with Crippen molar-refractivity contribution in [1.29, 1.82) is 0 Å². The number of carboxylic acid groups (broad SMARTS) is 2. The lowest BCUT2D eigenvalue weighted by Gasteiger charge is -1.95. The van der Waals surface area contributed by atoms with Crippen LogP contribution in [0.25, 0.3) is 0 Å². The molecule has 0 heterocycles. The van der Waals surface area contributed by atoms with Crippen LogP contribution in [-0.4, -0.2) is 41.9 Å². The molecule has 0 bridgehead atoms. The third kappa shape index (κ3) is 31.4. The normalized spacial score (nSPS) is 10.8. The van der Waals surface area contributed by atoms with Gasteiger partial charge in [0.2, 0.25) is 5.76 Å². The molecule has 10 heteroatoms. The number of aliphatic carboxylic acids is 2. The summed E-state index contributed by atoms with van der Waals surface area (Å²) in [5.74, 6) is -2.77. The van der Waals surface area contributed by atoms with Crippen LogP contribution in [0, 0.1) is 0 Å². The highest BCUT2D eigenvalue weighted by Crippen LogP contribution is 2.25. The summed E-state index contributed by atoms with van der Waals surface area (Å²) in [7, 11) is -4.64. The molecule has 0 atom stereocenters. The first-order valence-electron chi connectivity index (χ1n) is 4.62. The number of aliphatic hydroxyl groups is 1. The van der Waals surface area contributed by atoms with Gasteiger partial charge in [0.25, 0.3) is 0 Å². The summed E-state index contributed by atoms with van der Waals surface area (Å²) in [6.07, 6.45) is 1.40. The minimum absolute atomic E-state index is 0.502. The second kappa shape index (κ2) is 11.4. The Labute approximate surface area is 109 Å². The van der Waals surface area contributed by atoms with Crippen LogP contribution in [0.2, 0.25) is 0 Å². The quantitative estimate of drug-likeness (QED) is 0.248. The highest BCUT2D eigenvalue weighted by Gasteiger charge is 2.05. The molecule has 0 saturated carbocycles. The standard InChI is InChI=1S/C6H10O3.C3H4O2.H3O4P/c1-3-4(2)5(7)6(8)9;1-2-3(4)5;1-5(2,3)4/h7H,3H2,1-2H3,(H,8,9);2H,1H2,(H,4,5);(H3,1,2,3,4). The van der Waals surface area contributed by atoms with Gasteiger partial charge in [0.15, 0.2) is 0 Å². The molecular weight excluding hydrogens is 283 g/mol. The number of aliphatic hydroxyl groups excluding tert-OH is 1. The molecule has 0 aromatic rings. The second-order valence-electron chi connectivity index (χ2n) is 2.84. The van der Waals surface area contributed by atoms with E-state index in [1.54, 1.807) is 13.8 Å². The maximum atomic E-state index is 9.99. The Balaban J connectivity index is -0.000000219. The molecule has 0 spiro atoms. The molecule has 0 radical (unpaired) electrons. The molecule has 0 amide bonds. The zero-order valence-electron chi connectivity index (χ0n) is 10.3. The van der Waals surface area contributed by atoms with Crippen molar-refractivity contribution in [2.75, 3.05) is 0 Å². The van der Waals surface area contributed by atoms with Crippen molar-refractivity contribution < 1.29 is 44.2 Å². The fourth-order valence-corrected chi connectivity index (χ4v) is 0.350. The number of hydrogen-bond acceptors (Lipinski definition) is 4. The summed E-state index contributed by atoms with van der Waals surface area (Å²) in [5.41, 5.74) is 0.502. The first-order chi connectivity index (χ1) is 8.36. The first-order valence-corrected chi connectivity index (χ1v) is 6.18. The molecule has 0 aliphatic rings. The topological polar surface area (TPSA) is 173 Å². The van der Waals surface area contributed by atoms with E-state index in [1.807, 2.05) is 0 Å². The van der Waals surface area contributed by atoms with Crippen molar-refractivity contribution in [2.24, 2.45) is 0 Å². The number of allylic oxidation sites excluding steroid dienone is 1. The summed E-state index contributed by atoms with van der Waals surface area (Å²) < 4.78 is 8.88. The van der Waals surface area contributed by atoms with Crippen LogP contribution < -0.4 is 0 Å². The van der Waals surface area contributed by atoms with Crippen LogP contribution in [0.5, 0.6) is 0 Å². The molecule has 6 N–H and O–H groups in total. The smallest absolute Gasteiger partial charge is 0.466 e. The molecule has 112 valence electrons. The Morgan fingerprint density at radius 2 is 1.42 bits per heavy atom. The zero-order chi connectivity index (χ0) is 16.2. The average molecular weight is 300 g/mol. The van der Waals surface area contributed by atoms with Crippen molar-refractivity contribution in [1.82, 2.24) is 0 Å². The van der Waals surface area contributed by atoms with E-state index >= 15 is 0 Å². The molecule has 9 nitrogen and oxygen atoms in total. The van der Waals surface area contributed by atoms with Crippen LogP contribution in [0.3, 0.4) is 0 Å². The highest BCUT2D eigenvalue weighted by molar-refractivity contribution is 7.45. The van der Waals surface area contributed by atoms with Gasteiger partial charge in [-0.2, -0.15) is 0 Å². The second-order valence-corrected chi connectivity index (χ2v) is 3.87. The molecule has 0 fully saturated rings. The third-order valence-corrected chi connectivity index (χ3v) is 1.31. The van der Waals surface area contributed by atoms with E-state index in [0.717, 1.165) is 6.08 Å².